The summed E-state index contributed by atoms with van der Waals surface area (Å²) in [5.41, 5.74) is 1.69. The molecule has 0 radical (unpaired) electrons. The van der Waals surface area contributed by atoms with E-state index in [1.807, 2.05) is 26.8 Å². The third-order valence-corrected chi connectivity index (χ3v) is 5.20. The van der Waals surface area contributed by atoms with Crippen LogP contribution in [0.5, 0.6) is 11.5 Å². The van der Waals surface area contributed by atoms with Crippen molar-refractivity contribution >= 4 is 27.3 Å². The molecule has 0 fully saturated rings. The summed E-state index contributed by atoms with van der Waals surface area (Å²) in [4.78, 5) is 12.7. The Morgan fingerprint density at radius 2 is 1.93 bits per heavy atom. The van der Waals surface area contributed by atoms with Crippen LogP contribution in [-0.2, 0) is 11.2 Å². The van der Waals surface area contributed by atoms with Crippen molar-refractivity contribution in [1.82, 2.24) is 0 Å². The van der Waals surface area contributed by atoms with Crippen LogP contribution >= 0.6 is 15.9 Å². The number of halogens is 2. The lowest BCUT2D eigenvalue weighted by molar-refractivity contribution is -0.116. The number of hydrogen-bond donors (Lipinski definition) is 1. The first kappa shape index (κ1) is 19.6. The van der Waals surface area contributed by atoms with Crippen molar-refractivity contribution in [1.29, 1.82) is 0 Å². The lowest BCUT2D eigenvalue weighted by atomic mass is 9.74. The number of aliphatic hydroxyl groups is 1. The molecule has 0 spiro atoms. The van der Waals surface area contributed by atoms with Crippen LogP contribution in [0, 0.1) is 11.2 Å². The zero-order chi connectivity index (χ0) is 19.8. The molecule has 0 aromatic heterocycles. The predicted molar refractivity (Wildman–Crippen MR) is 108 cm³/mol. The quantitative estimate of drug-likeness (QED) is 0.591. The molecule has 0 heterocycles. The van der Waals surface area contributed by atoms with E-state index in [9.17, 15) is 14.3 Å². The van der Waals surface area contributed by atoms with Gasteiger partial charge in [0.1, 0.15) is 11.5 Å². The third-order valence-electron chi connectivity index (χ3n) is 4.71. The Hall–Kier alpha value is -2.14. The molecule has 0 saturated heterocycles. The monoisotopic (exact) mass is 432 g/mol. The minimum atomic E-state index is -0.483. The number of allylic oxidation sites excluding steroid dienone is 2. The third kappa shape index (κ3) is 4.24. The maximum atomic E-state index is 14.1. The van der Waals surface area contributed by atoms with Gasteiger partial charge in [0.25, 0.3) is 0 Å². The van der Waals surface area contributed by atoms with Gasteiger partial charge in [0.15, 0.2) is 17.3 Å². The number of carbonyl (C=O) groups is 1. The molecule has 3 rings (SSSR count). The summed E-state index contributed by atoms with van der Waals surface area (Å²) < 4.78 is 20.4. The van der Waals surface area contributed by atoms with Gasteiger partial charge < -0.3 is 9.84 Å². The Labute approximate surface area is 167 Å². The van der Waals surface area contributed by atoms with Crippen LogP contribution in [-0.4, -0.2) is 10.9 Å². The predicted octanol–water partition coefficient (Wildman–Crippen LogP) is 6.60. The highest BCUT2D eigenvalue weighted by Crippen LogP contribution is 2.41. The molecule has 1 aliphatic rings. The zero-order valence-corrected chi connectivity index (χ0v) is 17.2. The van der Waals surface area contributed by atoms with Gasteiger partial charge >= 0.3 is 0 Å². The molecule has 2 aromatic carbocycles. The summed E-state index contributed by atoms with van der Waals surface area (Å²) in [7, 11) is 0. The topological polar surface area (TPSA) is 46.5 Å². The van der Waals surface area contributed by atoms with E-state index in [0.717, 1.165) is 5.56 Å². The Morgan fingerprint density at radius 3 is 2.56 bits per heavy atom. The number of Topliss-reactive ketones (excluding diaryl/α,β-unsaturated/α-hetero) is 1. The maximum absolute atomic E-state index is 14.1. The molecular formula is C22H22BrFO3. The largest absolute Gasteiger partial charge is 0.512 e. The van der Waals surface area contributed by atoms with Gasteiger partial charge in [-0.15, -0.1) is 0 Å². The van der Waals surface area contributed by atoms with Crippen molar-refractivity contribution in [2.24, 2.45) is 5.41 Å². The molecule has 3 nitrogen and oxygen atoms in total. The van der Waals surface area contributed by atoms with Crippen molar-refractivity contribution in [2.75, 3.05) is 0 Å². The summed E-state index contributed by atoms with van der Waals surface area (Å²) in [6.45, 7) is 5.92. The van der Waals surface area contributed by atoms with Gasteiger partial charge in [-0.3, -0.25) is 4.79 Å². The van der Waals surface area contributed by atoms with E-state index in [0.29, 0.717) is 40.6 Å². The maximum Gasteiger partial charge on any atom is 0.167 e. The molecule has 5 heteroatoms. The fraction of sp³-hybridized carbons (Fsp3) is 0.318. The van der Waals surface area contributed by atoms with E-state index in [2.05, 4.69) is 15.9 Å². The number of benzene rings is 2. The number of aliphatic hydroxyl groups excluding tert-OH is 1. The van der Waals surface area contributed by atoms with Crippen molar-refractivity contribution < 1.29 is 19.0 Å². The normalized spacial score (nSPS) is 16.6. The van der Waals surface area contributed by atoms with E-state index in [1.54, 1.807) is 18.2 Å². The van der Waals surface area contributed by atoms with E-state index in [1.165, 1.54) is 12.1 Å². The SMILES string of the molecule is CCc1ccc(Oc2ccc(Br)cc2F)cc1C1=C(O)CC(C)(C)CC1=O. The molecule has 0 aliphatic heterocycles. The minimum Gasteiger partial charge on any atom is -0.512 e. The van der Waals surface area contributed by atoms with Crippen molar-refractivity contribution in [3.63, 3.8) is 0 Å². The first-order valence-electron chi connectivity index (χ1n) is 8.91. The van der Waals surface area contributed by atoms with Gasteiger partial charge in [0, 0.05) is 17.3 Å². The van der Waals surface area contributed by atoms with Crippen molar-refractivity contribution in [3.05, 3.63) is 63.6 Å². The van der Waals surface area contributed by atoms with Crippen LogP contribution in [0.25, 0.3) is 5.57 Å². The molecule has 0 saturated carbocycles. The Balaban J connectivity index is 2.03. The van der Waals surface area contributed by atoms with E-state index < -0.39 is 5.82 Å². The average Bonchev–Trinajstić information content (AvgIpc) is 2.56. The van der Waals surface area contributed by atoms with Gasteiger partial charge in [-0.1, -0.05) is 42.8 Å². The Morgan fingerprint density at radius 1 is 1.19 bits per heavy atom. The summed E-state index contributed by atoms with van der Waals surface area (Å²) in [5.74, 6) is 0.0652. The van der Waals surface area contributed by atoms with Gasteiger partial charge in [-0.25, -0.2) is 4.39 Å². The van der Waals surface area contributed by atoms with Crippen molar-refractivity contribution in [2.45, 2.75) is 40.0 Å². The highest BCUT2D eigenvalue weighted by Gasteiger charge is 2.34. The second-order valence-electron chi connectivity index (χ2n) is 7.61. The number of ketones is 1. The molecular weight excluding hydrogens is 411 g/mol. The second kappa shape index (κ2) is 7.47. The Bertz CT molecular complexity index is 931. The van der Waals surface area contributed by atoms with Crippen LogP contribution in [0.3, 0.4) is 0 Å². The Kier molecular flexibility index (Phi) is 5.43. The molecule has 1 aliphatic carbocycles. The smallest absolute Gasteiger partial charge is 0.167 e. The first-order chi connectivity index (χ1) is 12.7. The van der Waals surface area contributed by atoms with E-state index in [-0.39, 0.29) is 22.7 Å². The molecule has 2 aromatic rings. The minimum absolute atomic E-state index is 0.0783. The zero-order valence-electron chi connectivity index (χ0n) is 15.6. The summed E-state index contributed by atoms with van der Waals surface area (Å²) in [5, 5.41) is 10.6. The number of ether oxygens (including phenoxy) is 1. The number of rotatable bonds is 4. The summed E-state index contributed by atoms with van der Waals surface area (Å²) >= 11 is 3.22. The van der Waals surface area contributed by atoms with Crippen LogP contribution in [0.1, 0.15) is 44.7 Å². The lowest BCUT2D eigenvalue weighted by Crippen LogP contribution is -2.25. The van der Waals surface area contributed by atoms with Gasteiger partial charge in [0.2, 0.25) is 0 Å². The highest BCUT2D eigenvalue weighted by molar-refractivity contribution is 9.10. The van der Waals surface area contributed by atoms with Crippen LogP contribution < -0.4 is 4.74 Å². The summed E-state index contributed by atoms with van der Waals surface area (Å²) in [6.07, 6.45) is 1.53. The molecule has 0 amide bonds. The van der Waals surface area contributed by atoms with Gasteiger partial charge in [0.05, 0.1) is 5.57 Å². The fourth-order valence-electron chi connectivity index (χ4n) is 3.44. The van der Waals surface area contributed by atoms with Gasteiger partial charge in [-0.2, -0.15) is 0 Å². The molecule has 0 atom stereocenters. The van der Waals surface area contributed by atoms with E-state index >= 15 is 0 Å². The standard InChI is InChI=1S/C22H22BrFO3/c1-4-13-5-7-15(27-20-8-6-14(23)9-17(20)24)10-16(13)21-18(25)11-22(2,3)12-19(21)26/h5-10,25H,4,11-12H2,1-3H3. The van der Waals surface area contributed by atoms with Gasteiger partial charge in [-0.05, 0) is 53.3 Å². The first-order valence-corrected chi connectivity index (χ1v) is 9.71. The molecule has 27 heavy (non-hydrogen) atoms. The van der Waals surface area contributed by atoms with E-state index in [4.69, 9.17) is 4.74 Å². The van der Waals surface area contributed by atoms with Crippen LogP contribution in [0.15, 0.2) is 46.6 Å². The highest BCUT2D eigenvalue weighted by atomic mass is 79.9. The molecule has 142 valence electrons. The average molecular weight is 433 g/mol. The van der Waals surface area contributed by atoms with Crippen LogP contribution in [0.2, 0.25) is 0 Å². The fourth-order valence-corrected chi connectivity index (χ4v) is 3.77. The number of hydrogen-bond acceptors (Lipinski definition) is 3. The van der Waals surface area contributed by atoms with Crippen molar-refractivity contribution in [3.8, 4) is 11.5 Å². The van der Waals surface area contributed by atoms with Crippen LogP contribution in [0.4, 0.5) is 4.39 Å². The molecule has 0 unspecified atom stereocenters. The molecule has 0 bridgehead atoms. The lowest BCUT2D eigenvalue weighted by Gasteiger charge is -2.30. The molecule has 1 N–H and O–H groups in total. The second-order valence-corrected chi connectivity index (χ2v) is 8.53. The number of carbonyl (C=O) groups excluding carboxylic acids is 1. The summed E-state index contributed by atoms with van der Waals surface area (Å²) in [6, 6.07) is 9.88. The number of aryl methyl sites for hydroxylation is 1.